The molecule has 1 rings (SSSR count). The summed E-state index contributed by atoms with van der Waals surface area (Å²) in [4.78, 5) is 0. The van der Waals surface area contributed by atoms with Gasteiger partial charge in [0.1, 0.15) is 0 Å². The van der Waals surface area contributed by atoms with Crippen LogP contribution in [0.15, 0.2) is 0 Å². The summed E-state index contributed by atoms with van der Waals surface area (Å²) in [5.74, 6) is 0. The summed E-state index contributed by atoms with van der Waals surface area (Å²) in [5, 5.41) is 4.91. The minimum absolute atomic E-state index is 0.602. The molecule has 1 aliphatic heterocycles. The van der Waals surface area contributed by atoms with Crippen LogP contribution in [0.25, 0.3) is 0 Å². The van der Waals surface area contributed by atoms with E-state index in [2.05, 4.69) is 19.8 Å². The van der Waals surface area contributed by atoms with E-state index >= 15 is 0 Å². The summed E-state index contributed by atoms with van der Waals surface area (Å²) >= 11 is -1.20. The molecule has 0 amide bonds. The number of hydrogen-bond donors (Lipinski definition) is 0. The fourth-order valence-corrected chi connectivity index (χ4v) is 153. The van der Waals surface area contributed by atoms with Crippen LogP contribution in [-0.4, -0.2) is 37.6 Å². The molecule has 0 aromatic heterocycles. The van der Waals surface area contributed by atoms with Crippen LogP contribution in [0.5, 0.6) is 0 Å². The van der Waals surface area contributed by atoms with Gasteiger partial charge in [0.25, 0.3) is 0 Å². The first kappa shape index (κ1) is 6.58. The number of rotatable bonds is 0. The molecular formula is C2H6Bi2S2. The van der Waals surface area contributed by atoms with Gasteiger partial charge in [-0.1, -0.05) is 0 Å². The van der Waals surface area contributed by atoms with Crippen molar-refractivity contribution < 1.29 is 0 Å². The molecule has 0 aromatic carbocycles. The third kappa shape index (κ3) is 1.76. The average molecular weight is 512 g/mol. The Balaban J connectivity index is 2.11. The molecular weight excluding hydrogens is 506 g/mol. The van der Waals surface area contributed by atoms with E-state index in [0.717, 1.165) is 0 Å². The quantitative estimate of drug-likeness (QED) is 0.454. The van der Waals surface area contributed by atoms with E-state index in [1.54, 1.807) is 0 Å². The van der Waals surface area contributed by atoms with Gasteiger partial charge in [-0.2, -0.15) is 0 Å². The summed E-state index contributed by atoms with van der Waals surface area (Å²) in [6, 6.07) is 0. The standard InChI is InChI=1S/2CH3.2Bi.2S/h2*1H3;;;;. The maximum atomic E-state index is 2.50. The van der Waals surface area contributed by atoms with Gasteiger partial charge in [-0.3, -0.25) is 0 Å². The van der Waals surface area contributed by atoms with Gasteiger partial charge in [0.2, 0.25) is 0 Å². The molecule has 1 fully saturated rings. The van der Waals surface area contributed by atoms with Gasteiger partial charge >= 0.3 is 57.5 Å². The fraction of sp³-hybridized carbons (Fsp3) is 1.00. The van der Waals surface area contributed by atoms with Crippen LogP contribution in [0.2, 0.25) is 9.26 Å². The van der Waals surface area contributed by atoms with Crippen molar-refractivity contribution in [3.63, 3.8) is 0 Å². The summed E-state index contributed by atoms with van der Waals surface area (Å²) in [7, 11) is 0. The Hall–Kier alpha value is 2.47. The Bertz CT molecular complexity index is 45.5. The van der Waals surface area contributed by atoms with Gasteiger partial charge in [-0.05, 0) is 0 Å². The maximum absolute atomic E-state index is 2.50. The summed E-state index contributed by atoms with van der Waals surface area (Å²) < 4.78 is 5.00. The van der Waals surface area contributed by atoms with Crippen molar-refractivity contribution in [2.75, 3.05) is 0 Å². The SMILES string of the molecule is [CH3][Bi]1[S][Bi]([CH3])[S]1. The van der Waals surface area contributed by atoms with E-state index in [4.69, 9.17) is 0 Å². The summed E-state index contributed by atoms with van der Waals surface area (Å²) in [6.45, 7) is 0. The average Bonchev–Trinajstić information content (AvgIpc) is 1.33. The predicted molar refractivity (Wildman–Crippen MR) is 38.4 cm³/mol. The molecule has 0 atom stereocenters. The zero-order valence-electron chi connectivity index (χ0n) is 3.71. The van der Waals surface area contributed by atoms with Crippen molar-refractivity contribution in [2.45, 2.75) is 9.26 Å². The van der Waals surface area contributed by atoms with Crippen LogP contribution in [0.1, 0.15) is 0 Å². The molecule has 0 bridgehead atoms. The molecule has 0 radical (unpaired) electrons. The topological polar surface area (TPSA) is 0 Å². The number of hydrogen-bond acceptors (Lipinski definition) is 2. The van der Waals surface area contributed by atoms with Crippen LogP contribution >= 0.6 is 10.5 Å². The molecule has 0 aliphatic carbocycles. The van der Waals surface area contributed by atoms with Crippen molar-refractivity contribution in [2.24, 2.45) is 0 Å². The van der Waals surface area contributed by atoms with Gasteiger partial charge in [-0.25, -0.2) is 0 Å². The van der Waals surface area contributed by atoms with Gasteiger partial charge in [-0.15, -0.1) is 0 Å². The van der Waals surface area contributed by atoms with Gasteiger partial charge < -0.3 is 0 Å². The van der Waals surface area contributed by atoms with E-state index in [-0.39, 0.29) is 0 Å². The normalized spacial score (nSPS) is 27.0. The molecule has 1 aliphatic rings. The first-order valence-electron chi connectivity index (χ1n) is 1.62. The Morgan fingerprint density at radius 1 is 1.00 bits per heavy atom. The summed E-state index contributed by atoms with van der Waals surface area (Å²) in [5.41, 5.74) is 0. The van der Waals surface area contributed by atoms with E-state index in [0.29, 0.717) is 0 Å². The first-order chi connectivity index (χ1) is 2.79. The van der Waals surface area contributed by atoms with Gasteiger partial charge in [0, 0.05) is 0 Å². The van der Waals surface area contributed by atoms with Gasteiger partial charge in [0.15, 0.2) is 0 Å². The zero-order valence-corrected chi connectivity index (χ0v) is 12.3. The van der Waals surface area contributed by atoms with Crippen molar-refractivity contribution in [3.8, 4) is 0 Å². The van der Waals surface area contributed by atoms with Crippen LogP contribution in [0.4, 0.5) is 0 Å². The molecule has 36 valence electrons. The Morgan fingerprint density at radius 2 is 1.33 bits per heavy atom. The zero-order chi connectivity index (χ0) is 4.57. The van der Waals surface area contributed by atoms with Crippen LogP contribution in [-0.2, 0) is 0 Å². The van der Waals surface area contributed by atoms with Gasteiger partial charge in [0.05, 0.1) is 0 Å². The first-order valence-corrected chi connectivity index (χ1v) is 27.1. The van der Waals surface area contributed by atoms with Crippen molar-refractivity contribution >= 4 is 48.2 Å². The molecule has 0 N–H and O–H groups in total. The third-order valence-corrected chi connectivity index (χ3v) is 168. The summed E-state index contributed by atoms with van der Waals surface area (Å²) in [6.07, 6.45) is 0. The van der Waals surface area contributed by atoms with Crippen LogP contribution < -0.4 is 0 Å². The molecule has 0 nitrogen and oxygen atoms in total. The Labute approximate surface area is 56.2 Å². The minimum atomic E-state index is -0.602. The molecule has 0 unspecified atom stereocenters. The molecule has 0 aromatic rings. The van der Waals surface area contributed by atoms with Crippen molar-refractivity contribution in [1.82, 2.24) is 0 Å². The Morgan fingerprint density at radius 3 is 1.33 bits per heavy atom. The second kappa shape index (κ2) is 2.85. The molecule has 6 heavy (non-hydrogen) atoms. The van der Waals surface area contributed by atoms with Crippen LogP contribution in [0, 0.1) is 0 Å². The second-order valence-electron chi connectivity index (χ2n) is 1.04. The van der Waals surface area contributed by atoms with E-state index in [1.165, 1.54) is 0 Å². The van der Waals surface area contributed by atoms with Crippen LogP contribution in [0.3, 0.4) is 0 Å². The Kier molecular flexibility index (Phi) is 3.13. The third-order valence-electron chi connectivity index (χ3n) is 0.460. The van der Waals surface area contributed by atoms with E-state index in [9.17, 15) is 0 Å². The second-order valence-corrected chi connectivity index (χ2v) is 68.7. The monoisotopic (exact) mass is 512 g/mol. The molecule has 1 saturated heterocycles. The molecule has 4 heteroatoms. The van der Waals surface area contributed by atoms with E-state index in [1.807, 2.05) is 0 Å². The molecule has 1 heterocycles. The fourth-order valence-electron chi connectivity index (χ4n) is 0.330. The van der Waals surface area contributed by atoms with Crippen molar-refractivity contribution in [1.29, 1.82) is 0 Å². The van der Waals surface area contributed by atoms with E-state index < -0.39 is 37.6 Å². The molecule has 0 spiro atoms. The predicted octanol–water partition coefficient (Wildman–Crippen LogP) is 1.70. The molecule has 0 saturated carbocycles. The van der Waals surface area contributed by atoms with Crippen molar-refractivity contribution in [3.05, 3.63) is 0 Å².